The average Bonchev–Trinajstić information content (AvgIpc) is 2.56. The van der Waals surface area contributed by atoms with Gasteiger partial charge in [-0.3, -0.25) is 0 Å². The van der Waals surface area contributed by atoms with Crippen LogP contribution in [0.2, 0.25) is 0 Å². The van der Waals surface area contributed by atoms with Crippen LogP contribution in [0.3, 0.4) is 0 Å². The minimum Gasteiger partial charge on any atom is -0.494 e. The normalized spacial score (nSPS) is 12.1. The van der Waals surface area contributed by atoms with E-state index in [-0.39, 0.29) is 0 Å². The molecule has 2 aromatic carbocycles. The van der Waals surface area contributed by atoms with Crippen LogP contribution >= 0.6 is 15.9 Å². The van der Waals surface area contributed by atoms with E-state index in [0.717, 1.165) is 30.5 Å². The molecule has 1 unspecified atom stereocenters. The van der Waals surface area contributed by atoms with E-state index in [2.05, 4.69) is 77.5 Å². The predicted molar refractivity (Wildman–Crippen MR) is 98.1 cm³/mol. The molecule has 0 aliphatic carbocycles. The molecule has 1 nitrogen and oxygen atoms in total. The van der Waals surface area contributed by atoms with Gasteiger partial charge in [0.1, 0.15) is 5.75 Å². The third kappa shape index (κ3) is 5.84. The largest absolute Gasteiger partial charge is 0.494 e. The lowest BCUT2D eigenvalue weighted by Crippen LogP contribution is -2.00. The fourth-order valence-electron chi connectivity index (χ4n) is 2.54. The van der Waals surface area contributed by atoms with Gasteiger partial charge in [-0.05, 0) is 54.9 Å². The molecule has 22 heavy (non-hydrogen) atoms. The van der Waals surface area contributed by atoms with Crippen molar-refractivity contribution < 1.29 is 4.74 Å². The summed E-state index contributed by atoms with van der Waals surface area (Å²) in [5.74, 6) is 1.50. The van der Waals surface area contributed by atoms with Crippen LogP contribution in [0.15, 0.2) is 54.6 Å². The summed E-state index contributed by atoms with van der Waals surface area (Å²) in [5, 5.41) is 1.08. The molecule has 0 saturated heterocycles. The molecule has 0 amide bonds. The molecule has 0 aromatic heterocycles. The maximum atomic E-state index is 5.79. The van der Waals surface area contributed by atoms with Gasteiger partial charge in [0.15, 0.2) is 0 Å². The van der Waals surface area contributed by atoms with Crippen molar-refractivity contribution in [2.24, 2.45) is 0 Å². The second-order valence-electron chi connectivity index (χ2n) is 5.76. The monoisotopic (exact) mass is 360 g/mol. The number of rotatable bonds is 9. The van der Waals surface area contributed by atoms with Crippen LogP contribution in [0.1, 0.15) is 43.2 Å². The molecule has 0 bridgehead atoms. The highest BCUT2D eigenvalue weighted by Gasteiger charge is 2.06. The van der Waals surface area contributed by atoms with E-state index < -0.39 is 0 Å². The third-order valence-corrected chi connectivity index (χ3v) is 4.44. The highest BCUT2D eigenvalue weighted by Crippen LogP contribution is 2.23. The van der Waals surface area contributed by atoms with Crippen molar-refractivity contribution in [3.8, 4) is 5.75 Å². The Morgan fingerprint density at radius 3 is 2.32 bits per heavy atom. The predicted octanol–water partition coefficient (Wildman–Crippen LogP) is 5.98. The van der Waals surface area contributed by atoms with E-state index in [1.807, 2.05) is 0 Å². The highest BCUT2D eigenvalue weighted by atomic mass is 79.9. The minimum atomic E-state index is 0.523. The van der Waals surface area contributed by atoms with E-state index in [1.165, 1.54) is 24.0 Å². The average molecular weight is 361 g/mol. The lowest BCUT2D eigenvalue weighted by atomic mass is 9.94. The second kappa shape index (κ2) is 9.68. The van der Waals surface area contributed by atoms with Gasteiger partial charge in [-0.2, -0.15) is 0 Å². The van der Waals surface area contributed by atoms with Gasteiger partial charge in [0, 0.05) is 5.33 Å². The van der Waals surface area contributed by atoms with E-state index in [9.17, 15) is 0 Å². The summed E-state index contributed by atoms with van der Waals surface area (Å²) in [7, 11) is 0. The van der Waals surface area contributed by atoms with Crippen LogP contribution in [-0.4, -0.2) is 11.9 Å². The maximum Gasteiger partial charge on any atom is 0.119 e. The van der Waals surface area contributed by atoms with E-state index in [1.54, 1.807) is 0 Å². The molecule has 0 aliphatic rings. The highest BCUT2D eigenvalue weighted by molar-refractivity contribution is 9.09. The summed E-state index contributed by atoms with van der Waals surface area (Å²) in [4.78, 5) is 0. The summed E-state index contributed by atoms with van der Waals surface area (Å²) in [6.45, 7) is 3.09. The fourth-order valence-corrected chi connectivity index (χ4v) is 2.94. The van der Waals surface area contributed by atoms with Crippen LogP contribution in [0.4, 0.5) is 0 Å². The van der Waals surface area contributed by atoms with E-state index >= 15 is 0 Å². The van der Waals surface area contributed by atoms with Crippen LogP contribution < -0.4 is 4.74 Å². The van der Waals surface area contributed by atoms with Crippen molar-refractivity contribution in [3.05, 3.63) is 65.7 Å². The summed E-state index contributed by atoms with van der Waals surface area (Å²) in [5.41, 5.74) is 2.76. The zero-order valence-corrected chi connectivity index (χ0v) is 14.9. The Balaban J connectivity index is 1.80. The number of benzene rings is 2. The van der Waals surface area contributed by atoms with Gasteiger partial charge in [-0.25, -0.2) is 0 Å². The first kappa shape index (κ1) is 17.1. The molecule has 2 aromatic rings. The number of halogens is 1. The quantitative estimate of drug-likeness (QED) is 0.395. The van der Waals surface area contributed by atoms with Crippen molar-refractivity contribution >= 4 is 15.9 Å². The zero-order valence-electron chi connectivity index (χ0n) is 13.3. The molecule has 0 spiro atoms. The summed E-state index contributed by atoms with van der Waals surface area (Å²) in [6.07, 6.45) is 4.64. The molecule has 2 rings (SSSR count). The first-order chi connectivity index (χ1) is 10.8. The number of ether oxygens (including phenoxy) is 1. The number of alkyl halides is 1. The zero-order chi connectivity index (χ0) is 15.6. The second-order valence-corrected chi connectivity index (χ2v) is 6.55. The van der Waals surface area contributed by atoms with Gasteiger partial charge in [0.05, 0.1) is 6.61 Å². The van der Waals surface area contributed by atoms with Crippen LogP contribution in [0, 0.1) is 0 Å². The first-order valence-electron chi connectivity index (χ1n) is 8.12. The standard InChI is InChI=1S/C20H25BrO/c1-17(16-18-8-4-2-5-9-18)19-10-12-20(13-11-19)22-15-7-3-6-14-21/h2,4-5,8-13,17H,3,6-7,14-16H2,1H3. The van der Waals surface area contributed by atoms with Crippen molar-refractivity contribution in [2.45, 2.75) is 38.5 Å². The number of hydrogen-bond acceptors (Lipinski definition) is 1. The molecule has 0 heterocycles. The molecule has 0 fully saturated rings. The molecule has 0 saturated carbocycles. The molecule has 1 atom stereocenters. The lowest BCUT2D eigenvalue weighted by Gasteiger charge is -2.13. The Morgan fingerprint density at radius 1 is 0.909 bits per heavy atom. The molecular formula is C20H25BrO. The lowest BCUT2D eigenvalue weighted by molar-refractivity contribution is 0.306. The Hall–Kier alpha value is -1.28. The third-order valence-electron chi connectivity index (χ3n) is 3.88. The number of unbranched alkanes of at least 4 members (excludes halogenated alkanes) is 2. The van der Waals surface area contributed by atoms with E-state index in [4.69, 9.17) is 4.74 Å². The SMILES string of the molecule is CC(Cc1ccccc1)c1ccc(OCCCCCBr)cc1. The van der Waals surface area contributed by atoms with Gasteiger partial charge >= 0.3 is 0 Å². The Labute approximate surface area is 142 Å². The molecule has 0 aliphatic heterocycles. The van der Waals surface area contributed by atoms with Crippen molar-refractivity contribution in [2.75, 3.05) is 11.9 Å². The van der Waals surface area contributed by atoms with Crippen molar-refractivity contribution in [1.82, 2.24) is 0 Å². The molecular weight excluding hydrogens is 336 g/mol. The fraction of sp³-hybridized carbons (Fsp3) is 0.400. The Morgan fingerprint density at radius 2 is 1.64 bits per heavy atom. The van der Waals surface area contributed by atoms with Gasteiger partial charge < -0.3 is 4.74 Å². The topological polar surface area (TPSA) is 9.23 Å². The van der Waals surface area contributed by atoms with Crippen molar-refractivity contribution in [3.63, 3.8) is 0 Å². The summed E-state index contributed by atoms with van der Waals surface area (Å²) in [6, 6.07) is 19.3. The maximum absolute atomic E-state index is 5.79. The molecule has 118 valence electrons. The Bertz CT molecular complexity index is 521. The summed E-state index contributed by atoms with van der Waals surface area (Å²) >= 11 is 3.45. The minimum absolute atomic E-state index is 0.523. The summed E-state index contributed by atoms with van der Waals surface area (Å²) < 4.78 is 5.79. The van der Waals surface area contributed by atoms with E-state index in [0.29, 0.717) is 5.92 Å². The van der Waals surface area contributed by atoms with Crippen LogP contribution in [0.25, 0.3) is 0 Å². The van der Waals surface area contributed by atoms with Crippen LogP contribution in [0.5, 0.6) is 5.75 Å². The molecule has 0 N–H and O–H groups in total. The van der Waals surface area contributed by atoms with Gasteiger partial charge in [-0.15, -0.1) is 0 Å². The molecule has 0 radical (unpaired) electrons. The van der Waals surface area contributed by atoms with Crippen LogP contribution in [-0.2, 0) is 6.42 Å². The van der Waals surface area contributed by atoms with Gasteiger partial charge in [0.2, 0.25) is 0 Å². The smallest absolute Gasteiger partial charge is 0.119 e. The van der Waals surface area contributed by atoms with Gasteiger partial charge in [0.25, 0.3) is 0 Å². The first-order valence-corrected chi connectivity index (χ1v) is 9.24. The van der Waals surface area contributed by atoms with Gasteiger partial charge in [-0.1, -0.05) is 65.3 Å². The number of hydrogen-bond donors (Lipinski definition) is 0. The Kier molecular flexibility index (Phi) is 7.51. The molecule has 2 heteroatoms. The van der Waals surface area contributed by atoms with Crippen molar-refractivity contribution in [1.29, 1.82) is 0 Å².